The monoisotopic (exact) mass is 317 g/mol. The maximum absolute atomic E-state index is 9.27. The Labute approximate surface area is 111 Å². The lowest BCUT2D eigenvalue weighted by atomic mass is 10.3. The molecule has 16 heavy (non-hydrogen) atoms. The Hall–Kier alpha value is -0.710. The van der Waals surface area contributed by atoms with Crippen LogP contribution in [0.3, 0.4) is 0 Å². The van der Waals surface area contributed by atoms with E-state index in [0.717, 1.165) is 16.7 Å². The van der Waals surface area contributed by atoms with Gasteiger partial charge in [-0.25, -0.2) is 0 Å². The lowest BCUT2D eigenvalue weighted by molar-refractivity contribution is 0.475. The average molecular weight is 319 g/mol. The highest BCUT2D eigenvalue weighted by molar-refractivity contribution is 9.10. The molecule has 0 aliphatic heterocycles. The van der Waals surface area contributed by atoms with Crippen LogP contribution < -0.4 is 5.32 Å². The largest absolute Gasteiger partial charge is 0.506 e. The zero-order valence-corrected chi connectivity index (χ0v) is 11.4. The number of anilines is 1. The summed E-state index contributed by atoms with van der Waals surface area (Å²) in [7, 11) is 0. The molecule has 1 aromatic heterocycles. The smallest absolute Gasteiger partial charge is 0.134 e. The molecule has 0 aliphatic rings. The first kappa shape index (κ1) is 11.8. The Kier molecular flexibility index (Phi) is 3.74. The lowest BCUT2D eigenvalue weighted by Crippen LogP contribution is -1.97. The molecule has 0 aliphatic carbocycles. The van der Waals surface area contributed by atoms with Gasteiger partial charge < -0.3 is 10.4 Å². The van der Waals surface area contributed by atoms with Gasteiger partial charge in [-0.2, -0.15) is 0 Å². The molecule has 0 spiro atoms. The van der Waals surface area contributed by atoms with E-state index in [1.807, 2.05) is 11.4 Å². The summed E-state index contributed by atoms with van der Waals surface area (Å²) in [5.74, 6) is 0.101. The van der Waals surface area contributed by atoms with E-state index in [4.69, 9.17) is 11.6 Å². The van der Waals surface area contributed by atoms with Crippen molar-refractivity contribution < 1.29 is 5.11 Å². The molecule has 0 saturated heterocycles. The number of nitrogens with one attached hydrogen (secondary N) is 1. The van der Waals surface area contributed by atoms with E-state index in [1.54, 1.807) is 29.5 Å². The van der Waals surface area contributed by atoms with Crippen molar-refractivity contribution >= 4 is 44.6 Å². The van der Waals surface area contributed by atoms with Crippen LogP contribution in [0.4, 0.5) is 5.69 Å². The van der Waals surface area contributed by atoms with Crippen LogP contribution in [0.2, 0.25) is 5.02 Å². The molecule has 0 atom stereocenters. The Morgan fingerprint density at radius 2 is 2.19 bits per heavy atom. The van der Waals surface area contributed by atoms with E-state index in [0.29, 0.717) is 5.02 Å². The number of thiophene rings is 1. The molecule has 0 bridgehead atoms. The van der Waals surface area contributed by atoms with E-state index in [-0.39, 0.29) is 5.75 Å². The highest BCUT2D eigenvalue weighted by Gasteiger charge is 2.02. The van der Waals surface area contributed by atoms with Crippen LogP contribution in [-0.4, -0.2) is 5.11 Å². The third-order valence-electron chi connectivity index (χ3n) is 2.09. The van der Waals surface area contributed by atoms with Crippen LogP contribution in [0.15, 0.2) is 34.1 Å². The van der Waals surface area contributed by atoms with Gasteiger partial charge in [-0.05, 0) is 45.6 Å². The second kappa shape index (κ2) is 5.08. The fourth-order valence-electron chi connectivity index (χ4n) is 1.25. The second-order valence-corrected chi connectivity index (χ2v) is 5.47. The molecule has 0 amide bonds. The Morgan fingerprint density at radius 3 is 2.81 bits per heavy atom. The summed E-state index contributed by atoms with van der Waals surface area (Å²) in [4.78, 5) is 1.23. The Morgan fingerprint density at radius 1 is 1.38 bits per heavy atom. The number of hydrogen-bond donors (Lipinski definition) is 2. The zero-order chi connectivity index (χ0) is 11.5. The van der Waals surface area contributed by atoms with Crippen molar-refractivity contribution in [2.45, 2.75) is 6.54 Å². The van der Waals surface area contributed by atoms with Crippen molar-refractivity contribution in [3.63, 3.8) is 0 Å². The minimum absolute atomic E-state index is 0.101. The number of benzene rings is 1. The van der Waals surface area contributed by atoms with Crippen molar-refractivity contribution in [3.05, 3.63) is 44.0 Å². The molecular weight excluding hydrogens is 310 g/mol. The fourth-order valence-corrected chi connectivity index (χ4v) is 2.86. The maximum Gasteiger partial charge on any atom is 0.134 e. The first-order valence-corrected chi connectivity index (χ1v) is 6.66. The van der Waals surface area contributed by atoms with Gasteiger partial charge in [-0.3, -0.25) is 0 Å². The molecule has 2 aromatic rings. The van der Waals surface area contributed by atoms with Gasteiger partial charge in [0.05, 0.1) is 11.6 Å². The summed E-state index contributed by atoms with van der Waals surface area (Å²) in [5, 5.41) is 14.9. The molecule has 1 aromatic carbocycles. The van der Waals surface area contributed by atoms with Gasteiger partial charge in [0, 0.05) is 15.0 Å². The van der Waals surface area contributed by atoms with Crippen molar-refractivity contribution in [2.24, 2.45) is 0 Å². The molecule has 5 heteroatoms. The van der Waals surface area contributed by atoms with Crippen LogP contribution in [0.25, 0.3) is 0 Å². The first-order chi connectivity index (χ1) is 7.66. The molecule has 2 N–H and O–H groups in total. The summed E-state index contributed by atoms with van der Waals surface area (Å²) >= 11 is 11.0. The van der Waals surface area contributed by atoms with Crippen LogP contribution in [0.5, 0.6) is 5.75 Å². The van der Waals surface area contributed by atoms with E-state index in [1.165, 1.54) is 4.88 Å². The third kappa shape index (κ3) is 2.70. The van der Waals surface area contributed by atoms with Gasteiger partial charge in [-0.1, -0.05) is 11.6 Å². The number of phenolic OH excluding ortho intramolecular Hbond substituents is 1. The normalized spacial score (nSPS) is 10.4. The fraction of sp³-hybridized carbons (Fsp3) is 0.0909. The van der Waals surface area contributed by atoms with Crippen LogP contribution in [0.1, 0.15) is 4.88 Å². The minimum atomic E-state index is 0.101. The molecular formula is C11H9BrClNOS. The van der Waals surface area contributed by atoms with Crippen LogP contribution in [0, 0.1) is 0 Å². The molecule has 0 unspecified atom stereocenters. The van der Waals surface area contributed by atoms with E-state index >= 15 is 0 Å². The molecule has 1 heterocycles. The Bertz CT molecular complexity index is 500. The van der Waals surface area contributed by atoms with E-state index < -0.39 is 0 Å². The first-order valence-electron chi connectivity index (χ1n) is 4.61. The number of aromatic hydroxyl groups is 1. The van der Waals surface area contributed by atoms with Gasteiger partial charge in [0.15, 0.2) is 0 Å². The van der Waals surface area contributed by atoms with E-state index in [2.05, 4.69) is 21.2 Å². The number of phenols is 1. The van der Waals surface area contributed by atoms with Crippen molar-refractivity contribution in [1.82, 2.24) is 0 Å². The molecule has 2 rings (SSSR count). The molecule has 2 nitrogen and oxygen atoms in total. The summed E-state index contributed by atoms with van der Waals surface area (Å²) < 4.78 is 1.11. The van der Waals surface area contributed by atoms with Gasteiger partial charge >= 0.3 is 0 Å². The Balaban J connectivity index is 2.05. The lowest BCUT2D eigenvalue weighted by Gasteiger charge is -2.06. The predicted molar refractivity (Wildman–Crippen MR) is 72.5 cm³/mol. The highest BCUT2D eigenvalue weighted by atomic mass is 79.9. The quantitative estimate of drug-likeness (QED) is 0.818. The molecule has 84 valence electrons. The number of halogens is 2. The number of rotatable bonds is 3. The topological polar surface area (TPSA) is 32.3 Å². The molecule has 0 saturated carbocycles. The van der Waals surface area contributed by atoms with Gasteiger partial charge in [0.25, 0.3) is 0 Å². The van der Waals surface area contributed by atoms with Crippen molar-refractivity contribution in [3.8, 4) is 5.75 Å². The molecule has 0 radical (unpaired) electrons. The predicted octanol–water partition coefficient (Wildman–Crippen LogP) is 4.48. The SMILES string of the molecule is Oc1ccc(NCc2sccc2Br)cc1Cl. The standard InChI is InChI=1S/C11H9BrClNOS/c12-8-3-4-16-11(8)6-14-7-1-2-10(15)9(13)5-7/h1-5,14-15H,6H2. The van der Waals surface area contributed by atoms with Crippen LogP contribution in [-0.2, 0) is 6.54 Å². The van der Waals surface area contributed by atoms with Gasteiger partial charge in [0.2, 0.25) is 0 Å². The molecule has 0 fully saturated rings. The van der Waals surface area contributed by atoms with Crippen LogP contribution >= 0.6 is 38.9 Å². The summed E-state index contributed by atoms with van der Waals surface area (Å²) in [5.41, 5.74) is 0.892. The summed E-state index contributed by atoms with van der Waals surface area (Å²) in [6.07, 6.45) is 0. The minimum Gasteiger partial charge on any atom is -0.506 e. The zero-order valence-electron chi connectivity index (χ0n) is 8.21. The van der Waals surface area contributed by atoms with Gasteiger partial charge in [0.1, 0.15) is 5.75 Å². The average Bonchev–Trinajstić information content (AvgIpc) is 2.66. The number of hydrogen-bond acceptors (Lipinski definition) is 3. The highest BCUT2D eigenvalue weighted by Crippen LogP contribution is 2.28. The third-order valence-corrected chi connectivity index (χ3v) is 4.32. The summed E-state index contributed by atoms with van der Waals surface area (Å²) in [6.45, 7) is 0.735. The maximum atomic E-state index is 9.27. The summed E-state index contributed by atoms with van der Waals surface area (Å²) in [6, 6.07) is 7.10. The van der Waals surface area contributed by atoms with Crippen molar-refractivity contribution in [1.29, 1.82) is 0 Å². The van der Waals surface area contributed by atoms with Gasteiger partial charge in [-0.15, -0.1) is 11.3 Å². The second-order valence-electron chi connectivity index (χ2n) is 3.21. The van der Waals surface area contributed by atoms with E-state index in [9.17, 15) is 5.11 Å². The van der Waals surface area contributed by atoms with Crippen molar-refractivity contribution in [2.75, 3.05) is 5.32 Å².